The molecule has 2 heterocycles. The molecule has 0 saturated heterocycles. The largest absolute Gasteiger partial charge is 0.332 e. The van der Waals surface area contributed by atoms with Gasteiger partial charge in [0.15, 0.2) is 5.16 Å². The Hall–Kier alpha value is -3.12. The van der Waals surface area contributed by atoms with Crippen LogP contribution in [0.1, 0.15) is 6.92 Å². The van der Waals surface area contributed by atoms with Gasteiger partial charge < -0.3 is 9.88 Å². The molecule has 6 heteroatoms. The summed E-state index contributed by atoms with van der Waals surface area (Å²) < 4.78 is 13.4. The maximum atomic E-state index is 13.4. The Morgan fingerprint density at radius 3 is 2.45 bits per heavy atom. The normalized spacial score (nSPS) is 10.9. The van der Waals surface area contributed by atoms with Crippen LogP contribution in [0.4, 0.5) is 15.9 Å². The SMILES string of the molecule is CCN(c1ccccc1)c1cc(-c2nc(SC)[nH]c2-c2ccc(F)cc2)ccn1. The number of thioether (sulfide) groups is 1. The molecule has 4 aromatic rings. The molecule has 4 rings (SSSR count). The van der Waals surface area contributed by atoms with Crippen molar-refractivity contribution in [2.75, 3.05) is 17.7 Å². The number of nitrogens with one attached hydrogen (secondary N) is 1. The Labute approximate surface area is 173 Å². The van der Waals surface area contributed by atoms with Gasteiger partial charge in [0.2, 0.25) is 0 Å². The minimum atomic E-state index is -0.257. The van der Waals surface area contributed by atoms with E-state index >= 15 is 0 Å². The number of aromatic nitrogens is 3. The number of nitrogens with zero attached hydrogens (tertiary/aromatic N) is 3. The number of pyridine rings is 1. The van der Waals surface area contributed by atoms with Gasteiger partial charge in [0.25, 0.3) is 0 Å². The van der Waals surface area contributed by atoms with Gasteiger partial charge >= 0.3 is 0 Å². The summed E-state index contributed by atoms with van der Waals surface area (Å²) in [4.78, 5) is 14.9. The first kappa shape index (κ1) is 19.2. The van der Waals surface area contributed by atoms with E-state index in [1.54, 1.807) is 30.1 Å². The molecule has 29 heavy (non-hydrogen) atoms. The molecule has 0 bridgehead atoms. The minimum Gasteiger partial charge on any atom is -0.332 e. The van der Waals surface area contributed by atoms with Crippen LogP contribution in [-0.2, 0) is 0 Å². The Bertz CT molecular complexity index is 1090. The van der Waals surface area contributed by atoms with Crippen molar-refractivity contribution in [2.24, 2.45) is 0 Å². The van der Waals surface area contributed by atoms with E-state index in [1.807, 2.05) is 36.6 Å². The summed E-state index contributed by atoms with van der Waals surface area (Å²) in [6.07, 6.45) is 3.78. The van der Waals surface area contributed by atoms with Crippen molar-refractivity contribution in [3.63, 3.8) is 0 Å². The number of hydrogen-bond donors (Lipinski definition) is 1. The van der Waals surface area contributed by atoms with Gasteiger partial charge in [-0.3, -0.25) is 0 Å². The van der Waals surface area contributed by atoms with Gasteiger partial charge in [-0.05, 0) is 61.7 Å². The Morgan fingerprint density at radius 2 is 1.76 bits per heavy atom. The van der Waals surface area contributed by atoms with Crippen molar-refractivity contribution >= 4 is 23.3 Å². The van der Waals surface area contributed by atoms with Gasteiger partial charge in [-0.25, -0.2) is 14.4 Å². The van der Waals surface area contributed by atoms with Crippen molar-refractivity contribution in [1.29, 1.82) is 0 Å². The predicted molar refractivity (Wildman–Crippen MR) is 118 cm³/mol. The van der Waals surface area contributed by atoms with Gasteiger partial charge in [0.1, 0.15) is 11.6 Å². The molecule has 4 nitrogen and oxygen atoms in total. The Morgan fingerprint density at radius 1 is 1.00 bits per heavy atom. The highest BCUT2D eigenvalue weighted by Gasteiger charge is 2.16. The average molecular weight is 405 g/mol. The zero-order valence-corrected chi connectivity index (χ0v) is 17.1. The van der Waals surface area contributed by atoms with Gasteiger partial charge in [0.05, 0.1) is 11.4 Å². The van der Waals surface area contributed by atoms with Gasteiger partial charge in [0, 0.05) is 29.6 Å². The van der Waals surface area contributed by atoms with Crippen molar-refractivity contribution in [3.05, 3.63) is 78.7 Å². The molecule has 0 aliphatic rings. The molecule has 146 valence electrons. The quantitative estimate of drug-likeness (QED) is 0.391. The lowest BCUT2D eigenvalue weighted by atomic mass is 10.1. The molecule has 0 atom stereocenters. The summed E-state index contributed by atoms with van der Waals surface area (Å²) >= 11 is 1.54. The number of benzene rings is 2. The summed E-state index contributed by atoms with van der Waals surface area (Å²) in [6.45, 7) is 2.90. The van der Waals surface area contributed by atoms with Crippen molar-refractivity contribution in [2.45, 2.75) is 12.1 Å². The topological polar surface area (TPSA) is 44.8 Å². The highest BCUT2D eigenvalue weighted by molar-refractivity contribution is 7.98. The molecular formula is C23H21FN4S. The van der Waals surface area contributed by atoms with Crippen LogP contribution in [0.3, 0.4) is 0 Å². The van der Waals surface area contributed by atoms with Crippen LogP contribution in [-0.4, -0.2) is 27.8 Å². The molecule has 1 N–H and O–H groups in total. The number of H-pyrrole nitrogens is 1. The van der Waals surface area contributed by atoms with E-state index in [9.17, 15) is 4.39 Å². The standard InChI is InChI=1S/C23H21FN4S/c1-3-28(19-7-5-4-6-8-19)20-15-17(13-14-25-20)22-21(26-23(27-22)29-2)16-9-11-18(24)12-10-16/h4-15H,3H2,1-2H3,(H,26,27). The molecule has 0 unspecified atom stereocenters. The fourth-order valence-corrected chi connectivity index (χ4v) is 3.67. The third kappa shape index (κ3) is 4.03. The number of aromatic amines is 1. The smallest absolute Gasteiger partial charge is 0.166 e. The van der Waals surface area contributed by atoms with Gasteiger partial charge in [-0.1, -0.05) is 30.0 Å². The highest BCUT2D eigenvalue weighted by Crippen LogP contribution is 2.34. The molecule has 0 saturated carbocycles. The van der Waals surface area contributed by atoms with Crippen molar-refractivity contribution < 1.29 is 4.39 Å². The van der Waals surface area contributed by atoms with Crippen LogP contribution in [0.5, 0.6) is 0 Å². The van der Waals surface area contributed by atoms with E-state index in [1.165, 1.54) is 12.1 Å². The van der Waals surface area contributed by atoms with E-state index in [-0.39, 0.29) is 5.82 Å². The zero-order valence-electron chi connectivity index (χ0n) is 16.3. The van der Waals surface area contributed by atoms with Crippen LogP contribution in [0, 0.1) is 5.82 Å². The monoisotopic (exact) mass is 404 g/mol. The molecule has 0 spiro atoms. The molecule has 0 aliphatic carbocycles. The van der Waals surface area contributed by atoms with E-state index in [0.29, 0.717) is 0 Å². The van der Waals surface area contributed by atoms with Crippen molar-refractivity contribution in [1.82, 2.24) is 15.0 Å². The van der Waals surface area contributed by atoms with E-state index in [4.69, 9.17) is 4.98 Å². The summed E-state index contributed by atoms with van der Waals surface area (Å²) in [5, 5.41) is 0.813. The van der Waals surface area contributed by atoms with Crippen LogP contribution in [0.25, 0.3) is 22.5 Å². The second-order valence-electron chi connectivity index (χ2n) is 6.46. The third-order valence-corrected chi connectivity index (χ3v) is 5.27. The lowest BCUT2D eigenvalue weighted by Crippen LogP contribution is -2.17. The van der Waals surface area contributed by atoms with E-state index in [2.05, 4.69) is 33.9 Å². The van der Waals surface area contributed by atoms with Crippen LogP contribution in [0.2, 0.25) is 0 Å². The average Bonchev–Trinajstić information content (AvgIpc) is 3.20. The fraction of sp³-hybridized carbons (Fsp3) is 0.130. The van der Waals surface area contributed by atoms with Crippen LogP contribution >= 0.6 is 11.8 Å². The molecular weight excluding hydrogens is 383 g/mol. The summed E-state index contributed by atoms with van der Waals surface area (Å²) in [5.74, 6) is 0.600. The van der Waals surface area contributed by atoms with Gasteiger partial charge in [-0.2, -0.15) is 0 Å². The zero-order chi connectivity index (χ0) is 20.2. The lowest BCUT2D eigenvalue weighted by Gasteiger charge is -2.22. The second kappa shape index (κ2) is 8.49. The number of rotatable bonds is 6. The predicted octanol–water partition coefficient (Wildman–Crippen LogP) is 6.16. The first-order chi connectivity index (χ1) is 14.2. The molecule has 0 radical (unpaired) electrons. The Kier molecular flexibility index (Phi) is 5.62. The molecule has 2 aromatic heterocycles. The van der Waals surface area contributed by atoms with Crippen LogP contribution < -0.4 is 4.90 Å². The lowest BCUT2D eigenvalue weighted by molar-refractivity contribution is 0.628. The molecule has 2 aromatic carbocycles. The summed E-state index contributed by atoms with van der Waals surface area (Å²) in [6, 6.07) is 20.6. The molecule has 0 amide bonds. The number of anilines is 2. The van der Waals surface area contributed by atoms with Crippen LogP contribution in [0.15, 0.2) is 78.1 Å². The Balaban J connectivity index is 1.79. The third-order valence-electron chi connectivity index (χ3n) is 4.69. The number of halogens is 1. The highest BCUT2D eigenvalue weighted by atomic mass is 32.2. The summed E-state index contributed by atoms with van der Waals surface area (Å²) in [5.41, 5.74) is 4.64. The number of imidazole rings is 1. The molecule has 0 aliphatic heterocycles. The maximum Gasteiger partial charge on any atom is 0.166 e. The fourth-order valence-electron chi connectivity index (χ4n) is 3.28. The second-order valence-corrected chi connectivity index (χ2v) is 7.25. The minimum absolute atomic E-state index is 0.257. The van der Waals surface area contributed by atoms with Crippen molar-refractivity contribution in [3.8, 4) is 22.5 Å². The van der Waals surface area contributed by atoms with E-state index in [0.717, 1.165) is 45.7 Å². The van der Waals surface area contributed by atoms with Gasteiger partial charge in [-0.15, -0.1) is 0 Å². The first-order valence-electron chi connectivity index (χ1n) is 9.38. The molecule has 0 fully saturated rings. The van der Waals surface area contributed by atoms with E-state index < -0.39 is 0 Å². The maximum absolute atomic E-state index is 13.4. The first-order valence-corrected chi connectivity index (χ1v) is 10.6. The number of para-hydroxylation sites is 1. The number of hydrogen-bond acceptors (Lipinski definition) is 4. The summed E-state index contributed by atoms with van der Waals surface area (Å²) in [7, 11) is 0.